The highest BCUT2D eigenvalue weighted by Crippen LogP contribution is 2.47. The van der Waals surface area contributed by atoms with E-state index in [1.165, 1.54) is 16.9 Å². The maximum Gasteiger partial charge on any atom is 0.417 e. The molecule has 1 saturated carbocycles. The van der Waals surface area contributed by atoms with E-state index in [1.54, 1.807) is 13.1 Å². The molecule has 2 aliphatic rings. The predicted octanol–water partition coefficient (Wildman–Crippen LogP) is 5.30. The van der Waals surface area contributed by atoms with Gasteiger partial charge in [-0.2, -0.15) is 23.5 Å². The van der Waals surface area contributed by atoms with Crippen molar-refractivity contribution in [1.29, 1.82) is 5.26 Å². The molecule has 37 heavy (non-hydrogen) atoms. The van der Waals surface area contributed by atoms with Gasteiger partial charge >= 0.3 is 6.18 Å². The van der Waals surface area contributed by atoms with Gasteiger partial charge in [-0.1, -0.05) is 6.07 Å². The SMILES string of the molecule is Cc1c(C(=O)Cc2ccc(C3(C#N)CCC4(CCCO4)CC3)nc2)cnn1-c1ccc(C(F)(F)F)cn1. The van der Waals surface area contributed by atoms with Crippen LogP contribution in [0.4, 0.5) is 13.2 Å². The van der Waals surface area contributed by atoms with Crippen LogP contribution in [0, 0.1) is 18.3 Å². The third-order valence-electron chi connectivity index (χ3n) is 7.70. The number of aromatic nitrogens is 4. The molecular weight excluding hydrogens is 483 g/mol. The minimum absolute atomic E-state index is 0.0785. The highest BCUT2D eigenvalue weighted by Gasteiger charge is 2.46. The lowest BCUT2D eigenvalue weighted by Crippen LogP contribution is -2.40. The molecule has 0 aromatic carbocycles. The molecule has 0 atom stereocenters. The zero-order chi connectivity index (χ0) is 26.3. The Morgan fingerprint density at radius 3 is 2.43 bits per heavy atom. The highest BCUT2D eigenvalue weighted by atomic mass is 19.4. The first-order valence-corrected chi connectivity index (χ1v) is 12.3. The number of pyridine rings is 2. The van der Waals surface area contributed by atoms with Gasteiger partial charge in [-0.05, 0) is 69.2 Å². The monoisotopic (exact) mass is 509 g/mol. The van der Waals surface area contributed by atoms with Gasteiger partial charge in [0.15, 0.2) is 11.6 Å². The molecule has 192 valence electrons. The number of ether oxygens (including phenoxy) is 1. The second-order valence-electron chi connectivity index (χ2n) is 9.94. The summed E-state index contributed by atoms with van der Waals surface area (Å²) in [7, 11) is 0. The molecule has 0 N–H and O–H groups in total. The number of hydrogen-bond donors (Lipinski definition) is 0. The van der Waals surface area contributed by atoms with E-state index in [1.807, 2.05) is 12.1 Å². The number of rotatable bonds is 5. The second kappa shape index (κ2) is 9.38. The summed E-state index contributed by atoms with van der Waals surface area (Å²) in [5.41, 5.74) is 0.677. The molecule has 3 aromatic rings. The van der Waals surface area contributed by atoms with Gasteiger partial charge in [-0.3, -0.25) is 9.78 Å². The van der Waals surface area contributed by atoms with Crippen molar-refractivity contribution in [3.8, 4) is 11.9 Å². The van der Waals surface area contributed by atoms with Crippen LogP contribution in [0.2, 0.25) is 0 Å². The van der Waals surface area contributed by atoms with Gasteiger partial charge in [0.2, 0.25) is 0 Å². The normalized spacial score (nSPS) is 23.8. The lowest BCUT2D eigenvalue weighted by Gasteiger charge is -2.40. The Morgan fingerprint density at radius 2 is 1.86 bits per heavy atom. The average molecular weight is 510 g/mol. The molecule has 0 bridgehead atoms. The maximum absolute atomic E-state index is 13.0. The Morgan fingerprint density at radius 1 is 1.08 bits per heavy atom. The molecule has 1 spiro atoms. The molecule has 0 unspecified atom stereocenters. The standard InChI is InChI=1S/C27H26F3N5O2/c1-18-21(16-34-35(18)24-6-4-20(15-33-24)27(28,29)30)22(36)13-19-3-5-23(32-14-19)25(17-31)8-10-26(11-9-25)7-2-12-37-26/h3-6,14-16H,2,7-13H2,1H3. The van der Waals surface area contributed by atoms with Gasteiger partial charge < -0.3 is 4.74 Å². The van der Waals surface area contributed by atoms with E-state index in [0.717, 1.165) is 50.2 Å². The van der Waals surface area contributed by atoms with Gasteiger partial charge in [-0.15, -0.1) is 0 Å². The molecule has 1 saturated heterocycles. The molecule has 0 amide bonds. The quantitative estimate of drug-likeness (QED) is 0.434. The van der Waals surface area contributed by atoms with Crippen LogP contribution in [0.5, 0.6) is 0 Å². The third kappa shape index (κ3) is 4.76. The van der Waals surface area contributed by atoms with Gasteiger partial charge in [0.25, 0.3) is 0 Å². The molecule has 1 aliphatic carbocycles. The van der Waals surface area contributed by atoms with Crippen LogP contribution in [-0.4, -0.2) is 37.7 Å². The van der Waals surface area contributed by atoms with Gasteiger partial charge in [0, 0.05) is 25.4 Å². The van der Waals surface area contributed by atoms with Crippen molar-refractivity contribution in [2.24, 2.45) is 0 Å². The van der Waals surface area contributed by atoms with Crippen molar-refractivity contribution < 1.29 is 22.7 Å². The van der Waals surface area contributed by atoms with Crippen molar-refractivity contribution in [2.75, 3.05) is 6.61 Å². The smallest absolute Gasteiger partial charge is 0.375 e. The number of carbonyl (C=O) groups excluding carboxylic acids is 1. The molecule has 7 nitrogen and oxygen atoms in total. The number of hydrogen-bond acceptors (Lipinski definition) is 6. The molecule has 2 fully saturated rings. The van der Waals surface area contributed by atoms with E-state index in [2.05, 4.69) is 21.1 Å². The van der Waals surface area contributed by atoms with Crippen molar-refractivity contribution in [2.45, 2.75) is 69.1 Å². The summed E-state index contributed by atoms with van der Waals surface area (Å²) in [6, 6.07) is 8.31. The van der Waals surface area contributed by atoms with Crippen LogP contribution in [0.1, 0.15) is 71.4 Å². The zero-order valence-electron chi connectivity index (χ0n) is 20.4. The Kier molecular flexibility index (Phi) is 6.36. The number of nitriles is 1. The molecule has 10 heteroatoms. The Hall–Kier alpha value is -3.58. The van der Waals surface area contributed by atoms with Crippen molar-refractivity contribution in [3.63, 3.8) is 0 Å². The average Bonchev–Trinajstić information content (AvgIpc) is 3.51. The number of halogens is 3. The number of carbonyl (C=O) groups is 1. The number of nitrogens with zero attached hydrogens (tertiary/aromatic N) is 5. The molecule has 1 aliphatic heterocycles. The van der Waals surface area contributed by atoms with Crippen molar-refractivity contribution in [1.82, 2.24) is 19.7 Å². The summed E-state index contributed by atoms with van der Waals surface area (Å²) in [6.45, 7) is 2.46. The van der Waals surface area contributed by atoms with E-state index in [9.17, 15) is 23.2 Å². The van der Waals surface area contributed by atoms with Crippen LogP contribution >= 0.6 is 0 Å². The fourth-order valence-electron chi connectivity index (χ4n) is 5.39. The molecule has 4 heterocycles. The highest BCUT2D eigenvalue weighted by molar-refractivity contribution is 5.98. The number of ketones is 1. The van der Waals surface area contributed by atoms with Crippen LogP contribution in [0.25, 0.3) is 5.82 Å². The van der Waals surface area contributed by atoms with Crippen LogP contribution in [-0.2, 0) is 22.7 Å². The molecule has 0 radical (unpaired) electrons. The Labute approximate surface area is 212 Å². The van der Waals surface area contributed by atoms with E-state index in [4.69, 9.17) is 4.74 Å². The molecular formula is C27H26F3N5O2. The summed E-state index contributed by atoms with van der Waals surface area (Å²) in [4.78, 5) is 21.4. The lowest BCUT2D eigenvalue weighted by molar-refractivity contribution is -0.137. The van der Waals surface area contributed by atoms with Crippen LogP contribution < -0.4 is 0 Å². The van der Waals surface area contributed by atoms with Gasteiger partial charge in [0.05, 0.1) is 45.8 Å². The first-order chi connectivity index (χ1) is 17.6. The largest absolute Gasteiger partial charge is 0.417 e. The Bertz CT molecular complexity index is 1320. The fraction of sp³-hybridized carbons (Fsp3) is 0.444. The minimum Gasteiger partial charge on any atom is -0.375 e. The van der Waals surface area contributed by atoms with Crippen molar-refractivity contribution >= 4 is 5.78 Å². The summed E-state index contributed by atoms with van der Waals surface area (Å²) in [5, 5.41) is 14.2. The van der Waals surface area contributed by atoms with Gasteiger partial charge in [-0.25, -0.2) is 9.67 Å². The molecule has 5 rings (SSSR count). The lowest BCUT2D eigenvalue weighted by atomic mass is 9.67. The summed E-state index contributed by atoms with van der Waals surface area (Å²) in [5.74, 6) is -0.00663. The predicted molar refractivity (Wildman–Crippen MR) is 127 cm³/mol. The number of alkyl halides is 3. The van der Waals surface area contributed by atoms with Crippen LogP contribution in [0.3, 0.4) is 0 Å². The summed E-state index contributed by atoms with van der Waals surface area (Å²) >= 11 is 0. The summed E-state index contributed by atoms with van der Waals surface area (Å²) < 4.78 is 45.8. The van der Waals surface area contributed by atoms with Gasteiger partial charge in [0.1, 0.15) is 0 Å². The van der Waals surface area contributed by atoms with Crippen molar-refractivity contribution in [3.05, 3.63) is 70.9 Å². The first kappa shape index (κ1) is 25.1. The maximum atomic E-state index is 13.0. The first-order valence-electron chi connectivity index (χ1n) is 12.3. The van der Waals surface area contributed by atoms with Crippen LogP contribution in [0.15, 0.2) is 42.9 Å². The van der Waals surface area contributed by atoms with E-state index in [0.29, 0.717) is 29.7 Å². The zero-order valence-corrected chi connectivity index (χ0v) is 20.4. The number of Topliss-reactive ketones (excluding diaryl/α,β-unsaturated/α-hetero) is 1. The second-order valence-corrected chi connectivity index (χ2v) is 9.94. The molecule has 3 aromatic heterocycles. The van der Waals surface area contributed by atoms with E-state index in [-0.39, 0.29) is 23.6 Å². The van der Waals surface area contributed by atoms with E-state index >= 15 is 0 Å². The minimum atomic E-state index is -4.48. The fourth-order valence-corrected chi connectivity index (χ4v) is 5.39. The third-order valence-corrected chi connectivity index (χ3v) is 7.70. The van der Waals surface area contributed by atoms with E-state index < -0.39 is 17.2 Å². The summed E-state index contributed by atoms with van der Waals surface area (Å²) in [6.07, 6.45) is 4.59. The Balaban J connectivity index is 1.27. The topological polar surface area (TPSA) is 93.7 Å².